The molecule has 5 aliphatic rings. The van der Waals surface area contributed by atoms with E-state index in [1.54, 1.807) is 0 Å². The molecule has 80 heavy (non-hydrogen) atoms. The minimum absolute atomic E-state index is 1.31. The zero-order valence-corrected chi connectivity index (χ0v) is 56.0. The van der Waals surface area contributed by atoms with E-state index in [0.717, 1.165) is 0 Å². The Bertz CT molecular complexity index is 573. The quantitative estimate of drug-likeness (QED) is 0.250. The van der Waals surface area contributed by atoms with Crippen LogP contribution in [0.5, 0.6) is 0 Å². The fourth-order valence-corrected chi connectivity index (χ4v) is 13.3. The Morgan fingerprint density at radius 3 is 0.150 bits per heavy atom. The Hall–Kier alpha value is -0.720. The Kier molecular flexibility index (Phi) is 77.6. The van der Waals surface area contributed by atoms with Gasteiger partial charge in [-0.1, -0.05) is 495 Å². The van der Waals surface area contributed by atoms with E-state index in [-0.39, 0.29) is 0 Å². The maximum Gasteiger partial charge on any atom is 0.0829 e. The molecule has 5 saturated carbocycles. The minimum Gasteiger partial charge on any atom is -0.474 e. The zero-order valence-electron chi connectivity index (χ0n) is 56.0. The van der Waals surface area contributed by atoms with Crippen LogP contribution in [0, 0.1) is 0 Å². The largest absolute Gasteiger partial charge is 0.474 e. The SMILES string of the molecule is C1CCCCCCCCCCCCCC1.C1CCCCCCCCCCCCCC1.C1CCCCCCCCCCCCCC1.C1CCCCCCCCCCCCCC1.C1CCCCCCCCCCCCCC1.C=COC=C. The van der Waals surface area contributed by atoms with Crippen molar-refractivity contribution in [2.45, 2.75) is 482 Å². The fourth-order valence-electron chi connectivity index (χ4n) is 13.3. The van der Waals surface area contributed by atoms with Crippen LogP contribution in [0.4, 0.5) is 0 Å². The second kappa shape index (κ2) is 78.3. The highest BCUT2D eigenvalue weighted by Crippen LogP contribution is 2.22. The van der Waals surface area contributed by atoms with Crippen molar-refractivity contribution in [3.05, 3.63) is 25.7 Å². The first kappa shape index (κ1) is 79.3. The summed E-state index contributed by atoms with van der Waals surface area (Å²) in [6.07, 6.45) is 115. The van der Waals surface area contributed by atoms with Crippen LogP contribution in [0.15, 0.2) is 25.7 Å². The molecule has 0 amide bonds. The van der Waals surface area contributed by atoms with Crippen LogP contribution >= 0.6 is 0 Å². The van der Waals surface area contributed by atoms with Crippen LogP contribution in [-0.2, 0) is 4.74 Å². The number of rotatable bonds is 2. The van der Waals surface area contributed by atoms with Gasteiger partial charge in [0.2, 0.25) is 0 Å². The van der Waals surface area contributed by atoms with Crippen molar-refractivity contribution in [1.29, 1.82) is 0 Å². The molecule has 0 aromatic carbocycles. The molecule has 0 unspecified atom stereocenters. The highest BCUT2D eigenvalue weighted by molar-refractivity contribution is 4.59. The average molecular weight is 1120 g/mol. The van der Waals surface area contributed by atoms with Crippen LogP contribution in [-0.4, -0.2) is 0 Å². The van der Waals surface area contributed by atoms with Gasteiger partial charge < -0.3 is 4.74 Å². The van der Waals surface area contributed by atoms with Gasteiger partial charge in [-0.3, -0.25) is 0 Å². The minimum atomic E-state index is 1.31. The van der Waals surface area contributed by atoms with Crippen LogP contribution in [0.2, 0.25) is 0 Å². The standard InChI is InChI=1S/5C15H30.C4H6O/c5*1-2-4-6-8-10-12-14-15-13-11-9-7-5-3-1;1-3-5-4-2/h5*1-15H2;3-4H,1-2H2. The van der Waals surface area contributed by atoms with Crippen molar-refractivity contribution in [3.8, 4) is 0 Å². The van der Waals surface area contributed by atoms with Gasteiger partial charge in [0.1, 0.15) is 0 Å². The first-order chi connectivity index (χ1) is 39.9. The molecule has 478 valence electrons. The molecule has 1 nitrogen and oxygen atoms in total. The van der Waals surface area contributed by atoms with Gasteiger partial charge in [-0.25, -0.2) is 0 Å². The van der Waals surface area contributed by atoms with Crippen molar-refractivity contribution >= 4 is 0 Å². The highest BCUT2D eigenvalue weighted by atomic mass is 16.5. The summed E-state index contributed by atoms with van der Waals surface area (Å²) in [5.41, 5.74) is 0. The molecular weight excluding hydrogens is 965 g/mol. The summed E-state index contributed by atoms with van der Waals surface area (Å²) in [6, 6.07) is 0. The van der Waals surface area contributed by atoms with E-state index in [4.69, 9.17) is 0 Å². The predicted molar refractivity (Wildman–Crippen MR) is 368 cm³/mol. The molecule has 0 aromatic heterocycles. The first-order valence-electron chi connectivity index (χ1n) is 38.8. The third-order valence-corrected chi connectivity index (χ3v) is 18.9. The molecule has 0 atom stereocenters. The lowest BCUT2D eigenvalue weighted by atomic mass is 10.1. The van der Waals surface area contributed by atoms with Gasteiger partial charge in [-0.05, 0) is 0 Å². The molecule has 0 saturated heterocycles. The lowest BCUT2D eigenvalue weighted by molar-refractivity contribution is 0.406. The molecule has 0 heterocycles. The Labute approximate surface area is 509 Å². The number of hydrogen-bond acceptors (Lipinski definition) is 1. The van der Waals surface area contributed by atoms with Gasteiger partial charge in [0.25, 0.3) is 0 Å². The van der Waals surface area contributed by atoms with E-state index in [0.29, 0.717) is 0 Å². The third-order valence-electron chi connectivity index (χ3n) is 18.9. The molecule has 0 aliphatic heterocycles. The molecule has 0 N–H and O–H groups in total. The molecule has 1 heteroatoms. The van der Waals surface area contributed by atoms with Gasteiger partial charge in [0, 0.05) is 0 Å². The molecule has 0 aromatic rings. The summed E-state index contributed by atoms with van der Waals surface area (Å²) in [6.45, 7) is 6.51. The van der Waals surface area contributed by atoms with Gasteiger partial charge >= 0.3 is 0 Å². The summed E-state index contributed by atoms with van der Waals surface area (Å²) in [4.78, 5) is 0. The molecule has 0 bridgehead atoms. The highest BCUT2D eigenvalue weighted by Gasteiger charge is 2.02. The van der Waals surface area contributed by atoms with Crippen molar-refractivity contribution in [2.24, 2.45) is 0 Å². The van der Waals surface area contributed by atoms with Gasteiger partial charge in [-0.2, -0.15) is 0 Å². The van der Waals surface area contributed by atoms with E-state index < -0.39 is 0 Å². The molecule has 5 rings (SSSR count). The second-order valence-corrected chi connectivity index (χ2v) is 27.0. The summed E-state index contributed by atoms with van der Waals surface area (Å²) < 4.78 is 4.36. The second-order valence-electron chi connectivity index (χ2n) is 27.0. The van der Waals surface area contributed by atoms with E-state index in [1.807, 2.05) is 0 Å². The van der Waals surface area contributed by atoms with E-state index >= 15 is 0 Å². The topological polar surface area (TPSA) is 9.23 Å². The van der Waals surface area contributed by atoms with E-state index in [1.165, 1.54) is 494 Å². The van der Waals surface area contributed by atoms with Crippen LogP contribution in [0.3, 0.4) is 0 Å². The Morgan fingerprint density at radius 1 is 0.100 bits per heavy atom. The molecule has 0 spiro atoms. The Balaban J connectivity index is 0.000000954. The third kappa shape index (κ3) is 77.3. The normalized spacial score (nSPS) is 22.9. The summed E-state index contributed by atoms with van der Waals surface area (Å²) >= 11 is 0. The van der Waals surface area contributed by atoms with Crippen molar-refractivity contribution in [3.63, 3.8) is 0 Å². The monoisotopic (exact) mass is 1120 g/mol. The smallest absolute Gasteiger partial charge is 0.0829 e. The first-order valence-corrected chi connectivity index (χ1v) is 38.8. The van der Waals surface area contributed by atoms with Gasteiger partial charge in [0.05, 0.1) is 12.5 Å². The van der Waals surface area contributed by atoms with Crippen LogP contribution < -0.4 is 0 Å². The maximum atomic E-state index is 4.36. The van der Waals surface area contributed by atoms with E-state index in [2.05, 4.69) is 17.9 Å². The molecule has 5 fully saturated rings. The lowest BCUT2D eigenvalue weighted by Crippen LogP contribution is -1.81. The Morgan fingerprint density at radius 2 is 0.138 bits per heavy atom. The van der Waals surface area contributed by atoms with Crippen molar-refractivity contribution < 1.29 is 4.74 Å². The fraction of sp³-hybridized carbons (Fsp3) is 0.949. The maximum absolute atomic E-state index is 4.36. The summed E-state index contributed by atoms with van der Waals surface area (Å²) in [5, 5.41) is 0. The van der Waals surface area contributed by atoms with Crippen LogP contribution in [0.1, 0.15) is 482 Å². The summed E-state index contributed by atoms with van der Waals surface area (Å²) in [7, 11) is 0. The molecule has 0 radical (unpaired) electrons. The van der Waals surface area contributed by atoms with Gasteiger partial charge in [-0.15, -0.1) is 0 Å². The van der Waals surface area contributed by atoms with E-state index in [9.17, 15) is 0 Å². The average Bonchev–Trinajstić information content (AvgIpc) is 3.53. The lowest BCUT2D eigenvalue weighted by Gasteiger charge is -2.01. The number of hydrogen-bond donors (Lipinski definition) is 0. The number of ether oxygens (including phenoxy) is 1. The van der Waals surface area contributed by atoms with Crippen molar-refractivity contribution in [1.82, 2.24) is 0 Å². The summed E-state index contributed by atoms with van der Waals surface area (Å²) in [5.74, 6) is 0. The zero-order chi connectivity index (χ0) is 57.2. The predicted octanol–water partition coefficient (Wildman–Crippen LogP) is 30.5. The van der Waals surface area contributed by atoms with Crippen LogP contribution in [0.25, 0.3) is 0 Å². The molecule has 5 aliphatic carbocycles. The van der Waals surface area contributed by atoms with Gasteiger partial charge in [0.15, 0.2) is 0 Å². The molecular formula is C79H156O. The van der Waals surface area contributed by atoms with Crippen molar-refractivity contribution in [2.75, 3.05) is 0 Å².